The van der Waals surface area contributed by atoms with E-state index in [1.807, 2.05) is 19.4 Å². The van der Waals surface area contributed by atoms with Crippen LogP contribution in [-0.2, 0) is 13.5 Å². The van der Waals surface area contributed by atoms with Gasteiger partial charge in [-0.05, 0) is 24.1 Å². The van der Waals surface area contributed by atoms with Crippen molar-refractivity contribution in [2.24, 2.45) is 7.05 Å². The first-order valence-corrected chi connectivity index (χ1v) is 5.12. The highest BCUT2D eigenvalue weighted by atomic mass is 15.3. The Bertz CT molecular complexity index is 428. The highest BCUT2D eigenvalue weighted by molar-refractivity contribution is 5.58. The van der Waals surface area contributed by atoms with E-state index in [2.05, 4.69) is 41.6 Å². The van der Waals surface area contributed by atoms with Crippen LogP contribution in [0, 0.1) is 0 Å². The molecule has 0 fully saturated rings. The van der Waals surface area contributed by atoms with Gasteiger partial charge in [-0.2, -0.15) is 5.10 Å². The number of benzene rings is 1. The summed E-state index contributed by atoms with van der Waals surface area (Å²) in [7, 11) is 1.91. The van der Waals surface area contributed by atoms with Crippen molar-refractivity contribution in [2.45, 2.75) is 13.3 Å². The minimum Gasteiger partial charge on any atom is -0.353 e. The molecule has 0 saturated carbocycles. The molecule has 0 unspecified atom stereocenters. The van der Waals surface area contributed by atoms with Gasteiger partial charge < -0.3 is 5.32 Å². The van der Waals surface area contributed by atoms with E-state index in [1.165, 1.54) is 5.56 Å². The first-order valence-electron chi connectivity index (χ1n) is 5.12. The van der Waals surface area contributed by atoms with Crippen molar-refractivity contribution < 1.29 is 0 Å². The van der Waals surface area contributed by atoms with E-state index in [0.717, 1.165) is 17.8 Å². The Balaban J connectivity index is 2.11. The van der Waals surface area contributed by atoms with Crippen LogP contribution in [-0.4, -0.2) is 9.78 Å². The lowest BCUT2D eigenvalue weighted by Crippen LogP contribution is -1.89. The van der Waals surface area contributed by atoms with E-state index >= 15 is 0 Å². The molecule has 1 heterocycles. The van der Waals surface area contributed by atoms with Crippen molar-refractivity contribution in [3.8, 4) is 0 Å². The Morgan fingerprint density at radius 1 is 1.20 bits per heavy atom. The van der Waals surface area contributed by atoms with Gasteiger partial charge in [-0.15, -0.1) is 0 Å². The van der Waals surface area contributed by atoms with Gasteiger partial charge in [0.1, 0.15) is 0 Å². The highest BCUT2D eigenvalue weighted by Gasteiger charge is 1.96. The largest absolute Gasteiger partial charge is 0.353 e. The smallest absolute Gasteiger partial charge is 0.0770 e. The molecule has 0 atom stereocenters. The molecule has 0 aliphatic rings. The molecule has 0 bridgehead atoms. The van der Waals surface area contributed by atoms with Crippen LogP contribution in [0.2, 0.25) is 0 Å². The first kappa shape index (κ1) is 9.77. The predicted octanol–water partition coefficient (Wildman–Crippen LogP) is 2.73. The zero-order valence-corrected chi connectivity index (χ0v) is 9.07. The van der Waals surface area contributed by atoms with Gasteiger partial charge in [-0.25, -0.2) is 0 Å². The molecular formula is C12H15N3. The molecule has 0 aliphatic carbocycles. The zero-order chi connectivity index (χ0) is 10.7. The lowest BCUT2D eigenvalue weighted by Gasteiger charge is -2.03. The van der Waals surface area contributed by atoms with Gasteiger partial charge in [0, 0.05) is 18.9 Å². The second kappa shape index (κ2) is 4.17. The molecular weight excluding hydrogens is 186 g/mol. The molecule has 3 heteroatoms. The summed E-state index contributed by atoms with van der Waals surface area (Å²) in [6.07, 6.45) is 4.84. The summed E-state index contributed by atoms with van der Waals surface area (Å²) in [6, 6.07) is 8.45. The number of aromatic nitrogens is 2. The average Bonchev–Trinajstić information content (AvgIpc) is 2.65. The van der Waals surface area contributed by atoms with Crippen LogP contribution in [0.1, 0.15) is 12.5 Å². The van der Waals surface area contributed by atoms with Crippen LogP contribution < -0.4 is 5.32 Å². The highest BCUT2D eigenvalue weighted by Crippen LogP contribution is 2.16. The lowest BCUT2D eigenvalue weighted by atomic mass is 10.1. The topological polar surface area (TPSA) is 29.9 Å². The summed E-state index contributed by atoms with van der Waals surface area (Å²) in [6.45, 7) is 2.16. The number of aryl methyl sites for hydroxylation is 2. The lowest BCUT2D eigenvalue weighted by molar-refractivity contribution is 0.768. The molecule has 15 heavy (non-hydrogen) atoms. The van der Waals surface area contributed by atoms with E-state index < -0.39 is 0 Å². The van der Waals surface area contributed by atoms with Crippen molar-refractivity contribution in [3.05, 3.63) is 42.2 Å². The van der Waals surface area contributed by atoms with Gasteiger partial charge in [0.2, 0.25) is 0 Å². The van der Waals surface area contributed by atoms with Crippen molar-refractivity contribution in [2.75, 3.05) is 5.32 Å². The fourth-order valence-electron chi connectivity index (χ4n) is 1.48. The van der Waals surface area contributed by atoms with E-state index in [4.69, 9.17) is 0 Å². The fourth-order valence-corrected chi connectivity index (χ4v) is 1.48. The van der Waals surface area contributed by atoms with Gasteiger partial charge in [0.15, 0.2) is 0 Å². The molecule has 2 aromatic rings. The Labute approximate surface area is 89.7 Å². The van der Waals surface area contributed by atoms with E-state index in [9.17, 15) is 0 Å². The van der Waals surface area contributed by atoms with Crippen LogP contribution in [0.3, 0.4) is 0 Å². The third-order valence-corrected chi connectivity index (χ3v) is 2.36. The van der Waals surface area contributed by atoms with Gasteiger partial charge in [0.25, 0.3) is 0 Å². The number of hydrogen-bond donors (Lipinski definition) is 1. The molecule has 3 nitrogen and oxygen atoms in total. The molecule has 1 aromatic heterocycles. The number of nitrogens with one attached hydrogen (secondary N) is 1. The summed E-state index contributed by atoms with van der Waals surface area (Å²) in [5, 5.41) is 7.39. The molecule has 0 amide bonds. The van der Waals surface area contributed by atoms with Crippen LogP contribution in [0.15, 0.2) is 36.7 Å². The second-order valence-corrected chi connectivity index (χ2v) is 3.58. The maximum atomic E-state index is 4.10. The van der Waals surface area contributed by atoms with Crippen molar-refractivity contribution in [3.63, 3.8) is 0 Å². The number of anilines is 2. The zero-order valence-electron chi connectivity index (χ0n) is 9.07. The van der Waals surface area contributed by atoms with Crippen molar-refractivity contribution >= 4 is 11.4 Å². The molecule has 0 aliphatic heterocycles. The first-order chi connectivity index (χ1) is 7.28. The maximum absolute atomic E-state index is 4.10. The Hall–Kier alpha value is -1.77. The Kier molecular flexibility index (Phi) is 2.72. The summed E-state index contributed by atoms with van der Waals surface area (Å²) >= 11 is 0. The predicted molar refractivity (Wildman–Crippen MR) is 62.3 cm³/mol. The Morgan fingerprint density at radius 2 is 1.93 bits per heavy atom. The molecule has 0 saturated heterocycles. The van der Waals surface area contributed by atoms with Crippen molar-refractivity contribution in [1.82, 2.24) is 9.78 Å². The SMILES string of the molecule is CCc1ccc(Nc2cnn(C)c2)cc1. The fraction of sp³-hybridized carbons (Fsp3) is 0.250. The standard InChI is InChI=1S/C12H15N3/c1-3-10-4-6-11(7-5-10)14-12-8-13-15(2)9-12/h4-9,14H,3H2,1-2H3. The number of hydrogen-bond acceptors (Lipinski definition) is 2. The molecule has 1 N–H and O–H groups in total. The summed E-state index contributed by atoms with van der Waals surface area (Å²) in [4.78, 5) is 0. The molecule has 0 spiro atoms. The number of nitrogens with zero attached hydrogens (tertiary/aromatic N) is 2. The number of rotatable bonds is 3. The summed E-state index contributed by atoms with van der Waals surface area (Å²) in [5.41, 5.74) is 3.47. The third-order valence-electron chi connectivity index (χ3n) is 2.36. The minimum atomic E-state index is 1.02. The quantitative estimate of drug-likeness (QED) is 0.827. The Morgan fingerprint density at radius 3 is 2.47 bits per heavy atom. The molecule has 78 valence electrons. The minimum absolute atomic E-state index is 1.02. The van der Waals surface area contributed by atoms with Crippen molar-refractivity contribution in [1.29, 1.82) is 0 Å². The second-order valence-electron chi connectivity index (χ2n) is 3.58. The molecule has 0 radical (unpaired) electrons. The van der Waals surface area contributed by atoms with Crippen LogP contribution in [0.4, 0.5) is 11.4 Å². The summed E-state index contributed by atoms with van der Waals surface area (Å²) < 4.78 is 1.78. The van der Waals surface area contributed by atoms with Gasteiger partial charge in [-0.3, -0.25) is 4.68 Å². The summed E-state index contributed by atoms with van der Waals surface area (Å²) in [5.74, 6) is 0. The van der Waals surface area contributed by atoms with E-state index in [0.29, 0.717) is 0 Å². The van der Waals surface area contributed by atoms with Gasteiger partial charge >= 0.3 is 0 Å². The van der Waals surface area contributed by atoms with Crippen LogP contribution in [0.5, 0.6) is 0 Å². The molecule has 2 rings (SSSR count). The van der Waals surface area contributed by atoms with Crippen LogP contribution in [0.25, 0.3) is 0 Å². The van der Waals surface area contributed by atoms with Gasteiger partial charge in [0.05, 0.1) is 11.9 Å². The third kappa shape index (κ3) is 2.37. The van der Waals surface area contributed by atoms with Crippen LogP contribution >= 0.6 is 0 Å². The van der Waals surface area contributed by atoms with E-state index in [-0.39, 0.29) is 0 Å². The average molecular weight is 201 g/mol. The van der Waals surface area contributed by atoms with Gasteiger partial charge in [-0.1, -0.05) is 19.1 Å². The van der Waals surface area contributed by atoms with E-state index in [1.54, 1.807) is 4.68 Å². The maximum Gasteiger partial charge on any atom is 0.0770 e. The monoisotopic (exact) mass is 201 g/mol. The molecule has 1 aromatic carbocycles. The normalized spacial score (nSPS) is 10.3.